The summed E-state index contributed by atoms with van der Waals surface area (Å²) in [6.07, 6.45) is 5.81. The fraction of sp³-hybridized carbons (Fsp3) is 0.500. The van der Waals surface area contributed by atoms with E-state index in [0.29, 0.717) is 51.0 Å². The number of nitrogens with zero attached hydrogens (tertiary/aromatic N) is 4. The number of morpholine rings is 1. The zero-order chi connectivity index (χ0) is 22.6. The SMILES string of the molecule is CCc1cnc(OC2CCCN(C(=O)c3ccc(S(=O)(=O)N4CCOCC4)cc3)C2)nc1. The molecule has 2 aliphatic rings. The number of aryl methyl sites for hydroxylation is 1. The molecular formula is C22H28N4O5S. The van der Waals surface area contributed by atoms with Crippen molar-refractivity contribution in [2.75, 3.05) is 39.4 Å². The zero-order valence-corrected chi connectivity index (χ0v) is 19.0. The quantitative estimate of drug-likeness (QED) is 0.647. The number of rotatable bonds is 6. The van der Waals surface area contributed by atoms with Gasteiger partial charge in [0, 0.05) is 37.6 Å². The van der Waals surface area contributed by atoms with Crippen molar-refractivity contribution >= 4 is 15.9 Å². The molecule has 1 atom stereocenters. The molecule has 2 saturated heterocycles. The normalized spacial score (nSPS) is 20.2. The van der Waals surface area contributed by atoms with Crippen LogP contribution in [0.3, 0.4) is 0 Å². The second-order valence-corrected chi connectivity index (χ2v) is 9.84. The van der Waals surface area contributed by atoms with Crippen molar-refractivity contribution in [3.8, 4) is 6.01 Å². The van der Waals surface area contributed by atoms with Crippen LogP contribution in [-0.4, -0.2) is 79.0 Å². The minimum absolute atomic E-state index is 0.143. The topological polar surface area (TPSA) is 102 Å². The van der Waals surface area contributed by atoms with Gasteiger partial charge in [0.05, 0.1) is 24.7 Å². The van der Waals surface area contributed by atoms with Crippen molar-refractivity contribution < 1.29 is 22.7 Å². The summed E-state index contributed by atoms with van der Waals surface area (Å²) in [5.74, 6) is -0.143. The van der Waals surface area contributed by atoms with Gasteiger partial charge in [-0.1, -0.05) is 6.92 Å². The monoisotopic (exact) mass is 460 g/mol. The van der Waals surface area contributed by atoms with E-state index in [9.17, 15) is 13.2 Å². The third-order valence-corrected chi connectivity index (χ3v) is 7.65. The van der Waals surface area contributed by atoms with Crippen molar-refractivity contribution in [1.29, 1.82) is 0 Å². The van der Waals surface area contributed by atoms with Crippen LogP contribution >= 0.6 is 0 Å². The van der Waals surface area contributed by atoms with E-state index < -0.39 is 10.0 Å². The predicted octanol–water partition coefficient (Wildman–Crippen LogP) is 1.74. The molecule has 0 saturated carbocycles. The molecule has 1 aromatic heterocycles. The Morgan fingerprint density at radius 1 is 1.12 bits per heavy atom. The molecule has 32 heavy (non-hydrogen) atoms. The second kappa shape index (κ2) is 9.93. The number of carbonyl (C=O) groups excluding carboxylic acids is 1. The van der Waals surface area contributed by atoms with Gasteiger partial charge in [0.15, 0.2) is 0 Å². The molecule has 0 radical (unpaired) electrons. The van der Waals surface area contributed by atoms with Gasteiger partial charge in [0.25, 0.3) is 5.91 Å². The summed E-state index contributed by atoms with van der Waals surface area (Å²) in [7, 11) is -3.58. The van der Waals surface area contributed by atoms with Crippen molar-refractivity contribution in [3.05, 3.63) is 47.8 Å². The summed E-state index contributed by atoms with van der Waals surface area (Å²) >= 11 is 0. The number of sulfonamides is 1. The van der Waals surface area contributed by atoms with E-state index in [2.05, 4.69) is 9.97 Å². The maximum Gasteiger partial charge on any atom is 0.316 e. The Morgan fingerprint density at radius 2 is 1.81 bits per heavy atom. The van der Waals surface area contributed by atoms with Crippen LogP contribution in [0.15, 0.2) is 41.6 Å². The summed E-state index contributed by atoms with van der Waals surface area (Å²) in [6.45, 7) is 4.55. The lowest BCUT2D eigenvalue weighted by Gasteiger charge is -2.32. The Bertz CT molecular complexity index is 1020. The Hall–Kier alpha value is -2.56. The molecule has 0 aliphatic carbocycles. The van der Waals surface area contributed by atoms with E-state index >= 15 is 0 Å². The van der Waals surface area contributed by atoms with Crippen LogP contribution in [-0.2, 0) is 21.2 Å². The summed E-state index contributed by atoms with van der Waals surface area (Å²) in [5, 5.41) is 0. The van der Waals surface area contributed by atoms with Crippen LogP contribution in [0.4, 0.5) is 0 Å². The molecular weight excluding hydrogens is 432 g/mol. The van der Waals surface area contributed by atoms with E-state index in [1.165, 1.54) is 16.4 Å². The van der Waals surface area contributed by atoms with E-state index in [1.807, 2.05) is 6.92 Å². The van der Waals surface area contributed by atoms with Crippen LogP contribution < -0.4 is 4.74 Å². The molecule has 2 fully saturated rings. The Labute approximate surface area is 188 Å². The van der Waals surface area contributed by atoms with Crippen molar-refractivity contribution in [2.24, 2.45) is 0 Å². The highest BCUT2D eigenvalue weighted by Crippen LogP contribution is 2.21. The minimum Gasteiger partial charge on any atom is -0.458 e. The molecule has 1 unspecified atom stereocenters. The zero-order valence-electron chi connectivity index (χ0n) is 18.1. The number of likely N-dealkylation sites (tertiary alicyclic amines) is 1. The van der Waals surface area contributed by atoms with Crippen LogP contribution in [0.1, 0.15) is 35.7 Å². The molecule has 0 bridgehead atoms. The molecule has 2 aromatic rings. The number of benzene rings is 1. The first-order valence-corrected chi connectivity index (χ1v) is 12.4. The number of piperidine rings is 1. The predicted molar refractivity (Wildman–Crippen MR) is 117 cm³/mol. The van der Waals surface area contributed by atoms with Gasteiger partial charge < -0.3 is 14.4 Å². The maximum absolute atomic E-state index is 13.0. The van der Waals surface area contributed by atoms with Crippen molar-refractivity contribution in [1.82, 2.24) is 19.2 Å². The smallest absolute Gasteiger partial charge is 0.316 e. The first-order valence-electron chi connectivity index (χ1n) is 10.9. The van der Waals surface area contributed by atoms with E-state index in [1.54, 1.807) is 29.4 Å². The third-order valence-electron chi connectivity index (χ3n) is 5.74. The average molecular weight is 461 g/mol. The van der Waals surface area contributed by atoms with Crippen LogP contribution in [0.2, 0.25) is 0 Å². The lowest BCUT2D eigenvalue weighted by Crippen LogP contribution is -2.44. The summed E-state index contributed by atoms with van der Waals surface area (Å²) < 4.78 is 38.1. The lowest BCUT2D eigenvalue weighted by atomic mass is 10.1. The summed E-state index contributed by atoms with van der Waals surface area (Å²) in [4.78, 5) is 23.4. The van der Waals surface area contributed by atoms with Gasteiger partial charge in [0.1, 0.15) is 6.10 Å². The van der Waals surface area contributed by atoms with Crippen LogP contribution in [0, 0.1) is 0 Å². The van der Waals surface area contributed by atoms with Crippen LogP contribution in [0.25, 0.3) is 0 Å². The molecule has 4 rings (SSSR count). The van der Waals surface area contributed by atoms with Crippen LogP contribution in [0.5, 0.6) is 6.01 Å². The molecule has 1 amide bonds. The molecule has 1 aromatic carbocycles. The average Bonchev–Trinajstić information content (AvgIpc) is 2.85. The van der Waals surface area contributed by atoms with E-state index in [0.717, 1.165) is 24.8 Å². The van der Waals surface area contributed by atoms with E-state index in [4.69, 9.17) is 9.47 Å². The highest BCUT2D eigenvalue weighted by atomic mass is 32.2. The Kier molecular flexibility index (Phi) is 7.02. The summed E-state index contributed by atoms with van der Waals surface area (Å²) in [6, 6.07) is 6.47. The van der Waals surface area contributed by atoms with Gasteiger partial charge in [0.2, 0.25) is 10.0 Å². The Morgan fingerprint density at radius 3 is 2.47 bits per heavy atom. The van der Waals surface area contributed by atoms with Gasteiger partial charge >= 0.3 is 6.01 Å². The number of hydrogen-bond acceptors (Lipinski definition) is 7. The highest BCUT2D eigenvalue weighted by molar-refractivity contribution is 7.89. The largest absolute Gasteiger partial charge is 0.458 e. The van der Waals surface area contributed by atoms with Gasteiger partial charge in [-0.25, -0.2) is 18.4 Å². The molecule has 9 nitrogen and oxygen atoms in total. The van der Waals surface area contributed by atoms with Gasteiger partial charge in [-0.05, 0) is 49.1 Å². The summed E-state index contributed by atoms with van der Waals surface area (Å²) in [5.41, 5.74) is 1.49. The highest BCUT2D eigenvalue weighted by Gasteiger charge is 2.28. The van der Waals surface area contributed by atoms with Gasteiger partial charge in [-0.3, -0.25) is 4.79 Å². The van der Waals surface area contributed by atoms with Crippen molar-refractivity contribution in [2.45, 2.75) is 37.2 Å². The maximum atomic E-state index is 13.0. The number of hydrogen-bond donors (Lipinski definition) is 0. The molecule has 2 aliphatic heterocycles. The molecule has 10 heteroatoms. The third kappa shape index (κ3) is 5.08. The van der Waals surface area contributed by atoms with E-state index in [-0.39, 0.29) is 16.9 Å². The molecule has 3 heterocycles. The van der Waals surface area contributed by atoms with Crippen molar-refractivity contribution in [3.63, 3.8) is 0 Å². The second-order valence-electron chi connectivity index (χ2n) is 7.90. The minimum atomic E-state index is -3.58. The van der Waals surface area contributed by atoms with Gasteiger partial charge in [-0.15, -0.1) is 0 Å². The first kappa shape index (κ1) is 22.6. The first-order chi connectivity index (χ1) is 15.5. The number of amides is 1. The fourth-order valence-corrected chi connectivity index (χ4v) is 5.25. The molecule has 0 spiro atoms. The number of carbonyl (C=O) groups is 1. The molecule has 172 valence electrons. The number of aromatic nitrogens is 2. The lowest BCUT2D eigenvalue weighted by molar-refractivity contribution is 0.0515. The standard InChI is InChI=1S/C22H28N4O5S/c1-2-17-14-23-22(24-15-17)31-19-4-3-9-25(16-19)21(27)18-5-7-20(8-6-18)32(28,29)26-10-12-30-13-11-26/h5-8,14-15,19H,2-4,9-13,16H2,1H3. The Balaban J connectivity index is 1.39. The number of ether oxygens (including phenoxy) is 2. The van der Waals surface area contributed by atoms with Gasteiger partial charge in [-0.2, -0.15) is 4.31 Å². The molecule has 0 N–H and O–H groups in total. The fourth-order valence-electron chi connectivity index (χ4n) is 3.84.